The van der Waals surface area contributed by atoms with Crippen LogP contribution in [0.1, 0.15) is 6.92 Å². The van der Waals surface area contributed by atoms with Crippen LogP contribution in [-0.2, 0) is 0 Å². The van der Waals surface area contributed by atoms with Gasteiger partial charge in [0.25, 0.3) is 11.6 Å². The molecule has 0 bridgehead atoms. The lowest BCUT2D eigenvalue weighted by atomic mass is 10.2. The van der Waals surface area contributed by atoms with Gasteiger partial charge in [-0.3, -0.25) is 9.78 Å². The summed E-state index contributed by atoms with van der Waals surface area (Å²) >= 11 is 2.16. The Morgan fingerprint density at radius 3 is 3.07 bits per heavy atom. The molecule has 1 N–H and O–H groups in total. The van der Waals surface area contributed by atoms with E-state index in [9.17, 15) is 4.79 Å². The number of aromatic nitrogens is 2. The number of halogens is 1. The Hall–Kier alpha value is -1.11. The van der Waals surface area contributed by atoms with Crippen molar-refractivity contribution in [3.05, 3.63) is 32.1 Å². The Morgan fingerprint density at radius 1 is 1.53 bits per heavy atom. The van der Waals surface area contributed by atoms with Crippen LogP contribution < -0.4 is 10.3 Å². The van der Waals surface area contributed by atoms with Gasteiger partial charge in [0.05, 0.1) is 17.5 Å². The second-order valence-electron chi connectivity index (χ2n) is 2.97. The zero-order valence-electron chi connectivity index (χ0n) is 8.08. The third-order valence-corrected chi connectivity index (χ3v) is 2.60. The molecule has 0 aliphatic carbocycles. The molecule has 0 aliphatic rings. The van der Waals surface area contributed by atoms with E-state index in [0.717, 1.165) is 3.57 Å². The van der Waals surface area contributed by atoms with Gasteiger partial charge in [0.15, 0.2) is 0 Å². The van der Waals surface area contributed by atoms with E-state index in [2.05, 4.69) is 32.6 Å². The van der Waals surface area contributed by atoms with Crippen LogP contribution in [0, 0.1) is 3.57 Å². The molecule has 0 saturated heterocycles. The standard InChI is InChI=1S/C10H9IN2O2/c1-2-15-10-12-8-4-3-6(11)5-7(8)9(14)13-10/h3-5H,2H2,1H3,(H,12,13,14). The summed E-state index contributed by atoms with van der Waals surface area (Å²) in [6.45, 7) is 2.33. The minimum Gasteiger partial charge on any atom is -0.465 e. The minimum atomic E-state index is -0.165. The van der Waals surface area contributed by atoms with Crippen LogP contribution in [0.2, 0.25) is 0 Å². The lowest BCUT2D eigenvalue weighted by Gasteiger charge is -2.02. The number of aromatic amines is 1. The molecule has 0 aliphatic heterocycles. The van der Waals surface area contributed by atoms with Gasteiger partial charge in [-0.05, 0) is 47.7 Å². The SMILES string of the molecule is CCOc1nc2ccc(I)cc2c(=O)[nH]1. The molecule has 4 nitrogen and oxygen atoms in total. The predicted octanol–water partition coefficient (Wildman–Crippen LogP) is 1.93. The number of nitrogens with one attached hydrogen (secondary N) is 1. The van der Waals surface area contributed by atoms with Crippen molar-refractivity contribution >= 4 is 33.5 Å². The van der Waals surface area contributed by atoms with Crippen molar-refractivity contribution in [3.8, 4) is 6.01 Å². The van der Waals surface area contributed by atoms with E-state index in [1.165, 1.54) is 0 Å². The van der Waals surface area contributed by atoms with Gasteiger partial charge in [0.1, 0.15) is 0 Å². The summed E-state index contributed by atoms with van der Waals surface area (Å²) in [6, 6.07) is 5.80. The van der Waals surface area contributed by atoms with E-state index >= 15 is 0 Å². The van der Waals surface area contributed by atoms with Gasteiger partial charge in [-0.25, -0.2) is 0 Å². The first kappa shape index (κ1) is 10.4. The highest BCUT2D eigenvalue weighted by molar-refractivity contribution is 14.1. The molecule has 1 heterocycles. The quantitative estimate of drug-likeness (QED) is 0.862. The lowest BCUT2D eigenvalue weighted by molar-refractivity contribution is 0.313. The number of hydrogen-bond acceptors (Lipinski definition) is 3. The molecule has 0 fully saturated rings. The van der Waals surface area contributed by atoms with E-state index in [1.54, 1.807) is 6.07 Å². The maximum Gasteiger partial charge on any atom is 0.296 e. The summed E-state index contributed by atoms with van der Waals surface area (Å²) in [5, 5.41) is 0.588. The van der Waals surface area contributed by atoms with E-state index in [-0.39, 0.29) is 11.6 Å². The average molecular weight is 316 g/mol. The molecular formula is C10H9IN2O2. The summed E-state index contributed by atoms with van der Waals surface area (Å²) in [5.41, 5.74) is 0.490. The van der Waals surface area contributed by atoms with E-state index < -0.39 is 0 Å². The Labute approximate surface area is 99.8 Å². The maximum absolute atomic E-state index is 11.6. The Balaban J connectivity index is 2.67. The van der Waals surface area contributed by atoms with Crippen LogP contribution in [0.25, 0.3) is 10.9 Å². The molecule has 15 heavy (non-hydrogen) atoms. The number of hydrogen-bond donors (Lipinski definition) is 1. The first-order valence-electron chi connectivity index (χ1n) is 4.53. The monoisotopic (exact) mass is 316 g/mol. The van der Waals surface area contributed by atoms with Crippen LogP contribution in [0.15, 0.2) is 23.0 Å². The van der Waals surface area contributed by atoms with Crippen molar-refractivity contribution in [1.82, 2.24) is 9.97 Å². The third kappa shape index (κ3) is 2.11. The second-order valence-corrected chi connectivity index (χ2v) is 4.21. The van der Waals surface area contributed by atoms with Crippen LogP contribution in [-0.4, -0.2) is 16.6 Å². The molecule has 0 saturated carbocycles. The number of fused-ring (bicyclic) bond motifs is 1. The molecule has 5 heteroatoms. The zero-order chi connectivity index (χ0) is 10.8. The van der Waals surface area contributed by atoms with Gasteiger partial charge in [0.2, 0.25) is 0 Å². The van der Waals surface area contributed by atoms with Gasteiger partial charge in [-0.1, -0.05) is 0 Å². The molecule has 0 atom stereocenters. The second kappa shape index (κ2) is 4.18. The molecule has 1 aromatic heterocycles. The molecule has 78 valence electrons. The Kier molecular flexibility index (Phi) is 2.90. The van der Waals surface area contributed by atoms with E-state index in [0.29, 0.717) is 17.5 Å². The fourth-order valence-corrected chi connectivity index (χ4v) is 1.79. The molecule has 0 radical (unpaired) electrons. The first-order valence-corrected chi connectivity index (χ1v) is 5.61. The summed E-state index contributed by atoms with van der Waals surface area (Å²) in [7, 11) is 0. The lowest BCUT2D eigenvalue weighted by Crippen LogP contribution is -2.10. The molecule has 0 amide bonds. The predicted molar refractivity (Wildman–Crippen MR) is 66.2 cm³/mol. The van der Waals surface area contributed by atoms with Crippen LogP contribution in [0.4, 0.5) is 0 Å². The number of rotatable bonds is 2. The fraction of sp³-hybridized carbons (Fsp3) is 0.200. The van der Waals surface area contributed by atoms with Gasteiger partial charge in [-0.15, -0.1) is 0 Å². The minimum absolute atomic E-state index is 0.165. The highest BCUT2D eigenvalue weighted by Crippen LogP contribution is 2.13. The van der Waals surface area contributed by atoms with Gasteiger partial charge in [0, 0.05) is 3.57 Å². The Morgan fingerprint density at radius 2 is 2.33 bits per heavy atom. The number of H-pyrrole nitrogens is 1. The first-order chi connectivity index (χ1) is 7.20. The van der Waals surface area contributed by atoms with E-state index in [4.69, 9.17) is 4.74 Å². The highest BCUT2D eigenvalue weighted by atomic mass is 127. The fourth-order valence-electron chi connectivity index (χ4n) is 1.29. The topological polar surface area (TPSA) is 55.0 Å². The van der Waals surface area contributed by atoms with Crippen LogP contribution in [0.3, 0.4) is 0 Å². The smallest absolute Gasteiger partial charge is 0.296 e. The third-order valence-electron chi connectivity index (χ3n) is 1.93. The normalized spacial score (nSPS) is 10.5. The van der Waals surface area contributed by atoms with Crippen molar-refractivity contribution in [2.24, 2.45) is 0 Å². The molecule has 0 unspecified atom stereocenters. The van der Waals surface area contributed by atoms with Crippen molar-refractivity contribution in [2.75, 3.05) is 6.61 Å². The maximum atomic E-state index is 11.6. The van der Waals surface area contributed by atoms with Crippen molar-refractivity contribution in [2.45, 2.75) is 6.92 Å². The van der Waals surface area contributed by atoms with Gasteiger partial charge >= 0.3 is 0 Å². The number of ether oxygens (including phenoxy) is 1. The molecule has 2 aromatic rings. The molecule has 0 spiro atoms. The summed E-state index contributed by atoms with van der Waals surface area (Å²) in [4.78, 5) is 18.4. The van der Waals surface area contributed by atoms with Crippen molar-refractivity contribution in [3.63, 3.8) is 0 Å². The van der Waals surface area contributed by atoms with Crippen molar-refractivity contribution in [1.29, 1.82) is 0 Å². The molecular weight excluding hydrogens is 307 g/mol. The summed E-state index contributed by atoms with van der Waals surface area (Å²) < 4.78 is 6.17. The summed E-state index contributed by atoms with van der Waals surface area (Å²) in [5.74, 6) is 0. The largest absolute Gasteiger partial charge is 0.465 e. The number of nitrogens with zero attached hydrogens (tertiary/aromatic N) is 1. The van der Waals surface area contributed by atoms with Crippen LogP contribution >= 0.6 is 22.6 Å². The average Bonchev–Trinajstić information content (AvgIpc) is 2.20. The van der Waals surface area contributed by atoms with Gasteiger partial charge in [-0.2, -0.15) is 4.98 Å². The van der Waals surface area contributed by atoms with Crippen LogP contribution in [0.5, 0.6) is 6.01 Å². The van der Waals surface area contributed by atoms with Gasteiger partial charge < -0.3 is 4.74 Å². The molecule has 1 aromatic carbocycles. The molecule has 2 rings (SSSR count). The van der Waals surface area contributed by atoms with Crippen molar-refractivity contribution < 1.29 is 4.74 Å². The Bertz CT molecular complexity index is 551. The zero-order valence-corrected chi connectivity index (χ0v) is 10.2. The summed E-state index contributed by atoms with van der Waals surface area (Å²) in [6.07, 6.45) is 0. The highest BCUT2D eigenvalue weighted by Gasteiger charge is 2.04. The van der Waals surface area contributed by atoms with E-state index in [1.807, 2.05) is 19.1 Å². The number of benzene rings is 1.